The summed E-state index contributed by atoms with van der Waals surface area (Å²) in [4.78, 5) is 27.6. The highest BCUT2D eigenvalue weighted by Gasteiger charge is 2.40. The van der Waals surface area contributed by atoms with Crippen LogP contribution in [0, 0.1) is 13.8 Å². The van der Waals surface area contributed by atoms with Gasteiger partial charge < -0.3 is 0 Å². The minimum atomic E-state index is -0.167. The third kappa shape index (κ3) is 2.66. The Labute approximate surface area is 165 Å². The second-order valence-corrected chi connectivity index (χ2v) is 7.24. The summed E-state index contributed by atoms with van der Waals surface area (Å²) in [5.41, 5.74) is 7.05. The zero-order chi connectivity index (χ0) is 19.8. The third-order valence-corrected chi connectivity index (χ3v) is 5.49. The maximum atomic E-state index is 13.1. The quantitative estimate of drug-likeness (QED) is 0.558. The molecule has 0 atom stereocenters. The van der Waals surface area contributed by atoms with Gasteiger partial charge in [0.1, 0.15) is 0 Å². The smallest absolute Gasteiger partial charge is 0.261 e. The molecule has 0 bridgehead atoms. The van der Waals surface area contributed by atoms with E-state index in [2.05, 4.69) is 24.3 Å². The third-order valence-electron chi connectivity index (χ3n) is 5.49. The SMILES string of the molecule is CCCN1C(=O)c2c(C)c(-c3ccccc3)c(-c3ccccc3)c(C)c2C1=O. The molecule has 0 saturated heterocycles. The van der Waals surface area contributed by atoms with Gasteiger partial charge in [-0.05, 0) is 53.6 Å². The van der Waals surface area contributed by atoms with Crippen LogP contribution in [0.15, 0.2) is 60.7 Å². The van der Waals surface area contributed by atoms with Gasteiger partial charge in [-0.2, -0.15) is 0 Å². The fourth-order valence-corrected chi connectivity index (χ4v) is 4.25. The monoisotopic (exact) mass is 369 g/mol. The van der Waals surface area contributed by atoms with Gasteiger partial charge in [0, 0.05) is 6.54 Å². The lowest BCUT2D eigenvalue weighted by Gasteiger charge is -2.19. The molecule has 1 aliphatic rings. The molecule has 0 fully saturated rings. The van der Waals surface area contributed by atoms with E-state index in [0.29, 0.717) is 17.7 Å². The van der Waals surface area contributed by atoms with Gasteiger partial charge in [-0.15, -0.1) is 0 Å². The summed E-state index contributed by atoms with van der Waals surface area (Å²) in [7, 11) is 0. The summed E-state index contributed by atoms with van der Waals surface area (Å²) >= 11 is 0. The molecule has 0 radical (unpaired) electrons. The summed E-state index contributed by atoms with van der Waals surface area (Å²) in [6.45, 7) is 6.36. The van der Waals surface area contributed by atoms with Gasteiger partial charge in [-0.25, -0.2) is 0 Å². The summed E-state index contributed by atoms with van der Waals surface area (Å²) in [5.74, 6) is -0.335. The molecule has 0 N–H and O–H groups in total. The Morgan fingerprint density at radius 3 is 1.39 bits per heavy atom. The normalized spacial score (nSPS) is 13.2. The van der Waals surface area contributed by atoms with Gasteiger partial charge >= 0.3 is 0 Å². The number of imide groups is 1. The van der Waals surface area contributed by atoms with E-state index in [1.807, 2.05) is 57.2 Å². The predicted molar refractivity (Wildman–Crippen MR) is 112 cm³/mol. The van der Waals surface area contributed by atoms with Crippen molar-refractivity contribution in [3.8, 4) is 22.3 Å². The van der Waals surface area contributed by atoms with E-state index < -0.39 is 0 Å². The van der Waals surface area contributed by atoms with Crippen molar-refractivity contribution in [1.29, 1.82) is 0 Å². The second-order valence-electron chi connectivity index (χ2n) is 7.24. The summed E-state index contributed by atoms with van der Waals surface area (Å²) in [5, 5.41) is 0. The number of carbonyl (C=O) groups excluding carboxylic acids is 2. The predicted octanol–water partition coefficient (Wildman–Crippen LogP) is 5.64. The molecule has 0 aliphatic carbocycles. The van der Waals surface area contributed by atoms with Crippen LogP contribution in [0.25, 0.3) is 22.3 Å². The average molecular weight is 369 g/mol. The summed E-state index contributed by atoms with van der Waals surface area (Å²) in [6, 6.07) is 20.2. The van der Waals surface area contributed by atoms with E-state index in [4.69, 9.17) is 0 Å². The molecule has 1 aliphatic heterocycles. The van der Waals surface area contributed by atoms with Crippen LogP contribution in [0.4, 0.5) is 0 Å². The Bertz CT molecular complexity index is 984. The van der Waals surface area contributed by atoms with Crippen LogP contribution in [0.3, 0.4) is 0 Å². The van der Waals surface area contributed by atoms with Gasteiger partial charge in [0.15, 0.2) is 0 Å². The van der Waals surface area contributed by atoms with Crippen LogP contribution in [0.2, 0.25) is 0 Å². The molecule has 140 valence electrons. The molecule has 0 spiro atoms. The number of hydrogen-bond donors (Lipinski definition) is 0. The molecule has 3 aromatic carbocycles. The lowest BCUT2D eigenvalue weighted by atomic mass is 9.82. The van der Waals surface area contributed by atoms with Gasteiger partial charge in [0.05, 0.1) is 11.1 Å². The zero-order valence-corrected chi connectivity index (χ0v) is 16.5. The number of fused-ring (bicyclic) bond motifs is 1. The highest BCUT2D eigenvalue weighted by molar-refractivity contribution is 6.24. The minimum Gasteiger partial charge on any atom is -0.274 e. The van der Waals surface area contributed by atoms with E-state index in [-0.39, 0.29) is 11.8 Å². The molecule has 3 aromatic rings. The molecular weight excluding hydrogens is 346 g/mol. The largest absolute Gasteiger partial charge is 0.274 e. The Balaban J connectivity index is 2.09. The first-order valence-electron chi connectivity index (χ1n) is 9.70. The highest BCUT2D eigenvalue weighted by Crippen LogP contribution is 2.43. The molecule has 0 unspecified atom stereocenters. The van der Waals surface area contributed by atoms with Crippen molar-refractivity contribution in [3.63, 3.8) is 0 Å². The lowest BCUT2D eigenvalue weighted by molar-refractivity contribution is 0.0654. The van der Waals surface area contributed by atoms with Crippen LogP contribution in [-0.4, -0.2) is 23.3 Å². The van der Waals surface area contributed by atoms with Crippen molar-refractivity contribution in [2.75, 3.05) is 6.54 Å². The van der Waals surface area contributed by atoms with Crippen molar-refractivity contribution in [2.45, 2.75) is 27.2 Å². The van der Waals surface area contributed by atoms with Crippen LogP contribution in [0.5, 0.6) is 0 Å². The Kier molecular flexibility index (Phi) is 4.60. The molecule has 28 heavy (non-hydrogen) atoms. The number of nitrogens with zero attached hydrogens (tertiary/aromatic N) is 1. The maximum Gasteiger partial charge on any atom is 0.261 e. The molecule has 3 heteroatoms. The average Bonchev–Trinajstić information content (AvgIpc) is 2.97. The van der Waals surface area contributed by atoms with Gasteiger partial charge in [0.2, 0.25) is 0 Å². The zero-order valence-electron chi connectivity index (χ0n) is 16.5. The molecule has 3 nitrogen and oxygen atoms in total. The topological polar surface area (TPSA) is 37.4 Å². The van der Waals surface area contributed by atoms with Crippen molar-refractivity contribution in [3.05, 3.63) is 82.9 Å². The molecule has 0 saturated carbocycles. The van der Waals surface area contributed by atoms with E-state index in [1.54, 1.807) is 0 Å². The first kappa shape index (κ1) is 18.2. The van der Waals surface area contributed by atoms with E-state index in [1.165, 1.54) is 4.90 Å². The summed E-state index contributed by atoms with van der Waals surface area (Å²) < 4.78 is 0. The molecule has 4 rings (SSSR count). The number of carbonyl (C=O) groups is 2. The fourth-order valence-electron chi connectivity index (χ4n) is 4.25. The van der Waals surface area contributed by atoms with Crippen LogP contribution >= 0.6 is 0 Å². The first-order valence-corrected chi connectivity index (χ1v) is 9.70. The van der Waals surface area contributed by atoms with Crippen molar-refractivity contribution in [2.24, 2.45) is 0 Å². The van der Waals surface area contributed by atoms with Crippen molar-refractivity contribution < 1.29 is 9.59 Å². The molecule has 0 aromatic heterocycles. The summed E-state index contributed by atoms with van der Waals surface area (Å²) in [6.07, 6.45) is 0.751. The fraction of sp³-hybridized carbons (Fsp3) is 0.200. The lowest BCUT2D eigenvalue weighted by Crippen LogP contribution is -2.30. The van der Waals surface area contributed by atoms with Gasteiger partial charge in [-0.3, -0.25) is 14.5 Å². The number of hydrogen-bond acceptors (Lipinski definition) is 2. The molecule has 2 amide bonds. The van der Waals surface area contributed by atoms with Crippen LogP contribution in [-0.2, 0) is 0 Å². The number of benzene rings is 3. The number of amides is 2. The van der Waals surface area contributed by atoms with Crippen LogP contribution in [0.1, 0.15) is 45.2 Å². The van der Waals surface area contributed by atoms with Crippen LogP contribution < -0.4 is 0 Å². The Morgan fingerprint density at radius 1 is 0.643 bits per heavy atom. The highest BCUT2D eigenvalue weighted by atomic mass is 16.2. The van der Waals surface area contributed by atoms with Gasteiger partial charge in [0.25, 0.3) is 11.8 Å². The molecule has 1 heterocycles. The molecular formula is C25H23NO2. The first-order chi connectivity index (χ1) is 13.6. The Hall–Kier alpha value is -3.20. The minimum absolute atomic E-state index is 0.167. The van der Waals surface area contributed by atoms with Crippen molar-refractivity contribution >= 4 is 11.8 Å². The standard InChI is InChI=1S/C25H23NO2/c1-4-15-26-24(27)22-16(2)20(18-11-7-5-8-12-18)21(17(3)23(22)25(26)28)19-13-9-6-10-14-19/h5-14H,4,15H2,1-3H3. The Morgan fingerprint density at radius 2 is 1.04 bits per heavy atom. The number of rotatable bonds is 4. The van der Waals surface area contributed by atoms with E-state index >= 15 is 0 Å². The van der Waals surface area contributed by atoms with E-state index in [0.717, 1.165) is 39.8 Å². The van der Waals surface area contributed by atoms with Crippen molar-refractivity contribution in [1.82, 2.24) is 4.90 Å². The van der Waals surface area contributed by atoms with Gasteiger partial charge in [-0.1, -0.05) is 67.6 Å². The second kappa shape index (κ2) is 7.08. The van der Waals surface area contributed by atoms with E-state index in [9.17, 15) is 9.59 Å². The maximum absolute atomic E-state index is 13.1.